The third-order valence-corrected chi connectivity index (χ3v) is 0.567. The van der Waals surface area contributed by atoms with Crippen LogP contribution in [0.2, 0.25) is 0 Å². The van der Waals surface area contributed by atoms with Crippen LogP contribution in [0.5, 0.6) is 0 Å². The lowest BCUT2D eigenvalue weighted by Crippen LogP contribution is -1.43. The van der Waals surface area contributed by atoms with Crippen LogP contribution in [-0.4, -0.2) is 28.4 Å². The maximum atomic E-state index is 3.43. The maximum Gasteiger partial charge on any atom is 0.0209 e. The van der Waals surface area contributed by atoms with Gasteiger partial charge in [-0.1, -0.05) is 22.0 Å². The smallest absolute Gasteiger partial charge is 0.0209 e. The number of halogens is 1. The second-order valence-corrected chi connectivity index (χ2v) is 1.09. The predicted molar refractivity (Wildman–Crippen MR) is 29.7 cm³/mol. The number of hydrogen-bond donors (Lipinski definition) is 0. The lowest BCUT2D eigenvalue weighted by Gasteiger charge is -1.55. The first kappa shape index (κ1) is 9.37. The van der Waals surface area contributed by atoms with Crippen LogP contribution in [0.4, 0.5) is 0 Å². The normalized spacial score (nSPS) is 5.00. The SMILES string of the molecule is C=CCBr.[Mg]. The molecule has 0 rings (SSSR count). The highest BCUT2D eigenvalue weighted by Crippen LogP contribution is 1.73. The van der Waals surface area contributed by atoms with Crippen LogP contribution in [0.3, 0.4) is 0 Å². The molecule has 5 heavy (non-hydrogen) atoms. The van der Waals surface area contributed by atoms with Gasteiger partial charge >= 0.3 is 0 Å². The van der Waals surface area contributed by atoms with Gasteiger partial charge in [0.1, 0.15) is 0 Å². The monoisotopic (exact) mass is 144 g/mol. The molecule has 0 N–H and O–H groups in total. The summed E-state index contributed by atoms with van der Waals surface area (Å²) >= 11 is 3.13. The van der Waals surface area contributed by atoms with Crippen LogP contribution >= 0.6 is 15.9 Å². The number of rotatable bonds is 1. The number of allylic oxidation sites excluding steroid dienone is 1. The fourth-order valence-electron chi connectivity index (χ4n) is 0. The lowest BCUT2D eigenvalue weighted by molar-refractivity contribution is 1.87. The minimum absolute atomic E-state index is 0. The predicted octanol–water partition coefficient (Wildman–Crippen LogP) is 1.19. The highest BCUT2D eigenvalue weighted by Gasteiger charge is 1.47. The van der Waals surface area contributed by atoms with Gasteiger partial charge in [0.15, 0.2) is 0 Å². The Morgan fingerprint density at radius 2 is 2.00 bits per heavy atom. The fourth-order valence-corrected chi connectivity index (χ4v) is 0. The molecule has 2 radical (unpaired) electrons. The van der Waals surface area contributed by atoms with E-state index in [4.69, 9.17) is 0 Å². The van der Waals surface area contributed by atoms with Crippen molar-refractivity contribution in [3.63, 3.8) is 0 Å². The number of alkyl halides is 1. The zero-order valence-electron chi connectivity index (χ0n) is 3.08. The molecule has 0 aliphatic heterocycles. The van der Waals surface area contributed by atoms with E-state index in [1.54, 1.807) is 6.08 Å². The van der Waals surface area contributed by atoms with Gasteiger partial charge in [-0.05, 0) is 0 Å². The quantitative estimate of drug-likeness (QED) is 0.295. The van der Waals surface area contributed by atoms with E-state index in [0.717, 1.165) is 5.33 Å². The van der Waals surface area contributed by atoms with Crippen molar-refractivity contribution in [2.24, 2.45) is 0 Å². The van der Waals surface area contributed by atoms with Gasteiger partial charge in [-0.25, -0.2) is 0 Å². The first-order chi connectivity index (χ1) is 1.91. The van der Waals surface area contributed by atoms with E-state index in [0.29, 0.717) is 0 Å². The zero-order valence-corrected chi connectivity index (χ0v) is 6.08. The molecule has 0 spiro atoms. The Labute approximate surface area is 56.9 Å². The van der Waals surface area contributed by atoms with E-state index in [9.17, 15) is 0 Å². The average Bonchev–Trinajstić information content (AvgIpc) is 1.37. The molecular weight excluding hydrogens is 140 g/mol. The first-order valence-electron chi connectivity index (χ1n) is 1.08. The molecule has 0 nitrogen and oxygen atoms in total. The summed E-state index contributed by atoms with van der Waals surface area (Å²) in [5.41, 5.74) is 0. The molecule has 26 valence electrons. The molecule has 0 aromatic rings. The van der Waals surface area contributed by atoms with E-state index >= 15 is 0 Å². The van der Waals surface area contributed by atoms with Crippen molar-refractivity contribution in [1.82, 2.24) is 0 Å². The van der Waals surface area contributed by atoms with Gasteiger partial charge < -0.3 is 0 Å². The van der Waals surface area contributed by atoms with E-state index < -0.39 is 0 Å². The van der Waals surface area contributed by atoms with Gasteiger partial charge in [0, 0.05) is 28.4 Å². The van der Waals surface area contributed by atoms with Crippen molar-refractivity contribution in [3.05, 3.63) is 12.7 Å². The summed E-state index contributed by atoms with van der Waals surface area (Å²) in [5, 5.41) is 0.896. The minimum atomic E-state index is 0. The average molecular weight is 145 g/mol. The summed E-state index contributed by atoms with van der Waals surface area (Å²) in [6.45, 7) is 3.43. The Balaban J connectivity index is 0. The standard InChI is InChI=1S/C3H5Br.Mg/c1-2-3-4;/h2H,1,3H2;. The molecule has 2 heteroatoms. The molecule has 0 saturated carbocycles. The van der Waals surface area contributed by atoms with Crippen molar-refractivity contribution in [1.29, 1.82) is 0 Å². The largest absolute Gasteiger partial charge is 0.102 e. The van der Waals surface area contributed by atoms with Crippen molar-refractivity contribution in [2.45, 2.75) is 0 Å². The van der Waals surface area contributed by atoms with Gasteiger partial charge in [0.2, 0.25) is 0 Å². The van der Waals surface area contributed by atoms with E-state index in [-0.39, 0.29) is 23.1 Å². The van der Waals surface area contributed by atoms with Crippen LogP contribution in [-0.2, 0) is 0 Å². The van der Waals surface area contributed by atoms with Crippen LogP contribution in [0.25, 0.3) is 0 Å². The highest BCUT2D eigenvalue weighted by atomic mass is 79.9. The topological polar surface area (TPSA) is 0 Å². The number of hydrogen-bond acceptors (Lipinski definition) is 0. The molecule has 0 aromatic carbocycles. The van der Waals surface area contributed by atoms with E-state index in [1.807, 2.05) is 0 Å². The van der Waals surface area contributed by atoms with Crippen molar-refractivity contribution in [3.8, 4) is 0 Å². The molecular formula is C3H5BrMg. The minimum Gasteiger partial charge on any atom is -0.102 e. The summed E-state index contributed by atoms with van der Waals surface area (Å²) in [7, 11) is 0. The Kier molecular flexibility index (Phi) is 16.6. The van der Waals surface area contributed by atoms with Gasteiger partial charge in [-0.3, -0.25) is 0 Å². The molecule has 0 bridgehead atoms. The Morgan fingerprint density at radius 3 is 2.00 bits per heavy atom. The molecule has 0 saturated heterocycles. The molecule has 0 aliphatic rings. The Morgan fingerprint density at radius 1 is 1.80 bits per heavy atom. The fraction of sp³-hybridized carbons (Fsp3) is 0.333. The van der Waals surface area contributed by atoms with Crippen molar-refractivity contribution in [2.75, 3.05) is 5.33 Å². The van der Waals surface area contributed by atoms with Crippen molar-refractivity contribution >= 4 is 39.0 Å². The van der Waals surface area contributed by atoms with E-state index in [2.05, 4.69) is 22.5 Å². The molecule has 0 amide bonds. The van der Waals surface area contributed by atoms with E-state index in [1.165, 1.54) is 0 Å². The molecule has 0 atom stereocenters. The molecule has 0 aliphatic carbocycles. The van der Waals surface area contributed by atoms with Crippen LogP contribution in [0.15, 0.2) is 12.7 Å². The van der Waals surface area contributed by atoms with Crippen LogP contribution in [0.1, 0.15) is 0 Å². The molecule has 0 fully saturated rings. The molecule has 0 unspecified atom stereocenters. The summed E-state index contributed by atoms with van der Waals surface area (Å²) in [4.78, 5) is 0. The third kappa shape index (κ3) is 11.3. The van der Waals surface area contributed by atoms with Crippen LogP contribution < -0.4 is 0 Å². The van der Waals surface area contributed by atoms with Gasteiger partial charge in [-0.15, -0.1) is 6.58 Å². The summed E-state index contributed by atoms with van der Waals surface area (Å²) < 4.78 is 0. The Hall–Kier alpha value is 0.986. The Bertz CT molecular complexity index is 20.9. The molecule has 0 aromatic heterocycles. The third-order valence-electron chi connectivity index (χ3n) is 0.109. The summed E-state index contributed by atoms with van der Waals surface area (Å²) in [6, 6.07) is 0. The highest BCUT2D eigenvalue weighted by molar-refractivity contribution is 9.09. The molecule has 0 heterocycles. The summed E-state index contributed by atoms with van der Waals surface area (Å²) in [5.74, 6) is 0. The van der Waals surface area contributed by atoms with Gasteiger partial charge in [0.05, 0.1) is 0 Å². The lowest BCUT2D eigenvalue weighted by atomic mass is 10.8. The van der Waals surface area contributed by atoms with Crippen molar-refractivity contribution < 1.29 is 0 Å². The van der Waals surface area contributed by atoms with Gasteiger partial charge in [0.25, 0.3) is 0 Å². The second-order valence-electron chi connectivity index (χ2n) is 0.443. The zero-order chi connectivity index (χ0) is 3.41. The second kappa shape index (κ2) is 8.88. The first-order valence-corrected chi connectivity index (χ1v) is 2.21. The summed E-state index contributed by atoms with van der Waals surface area (Å²) in [6.07, 6.45) is 1.79. The van der Waals surface area contributed by atoms with Crippen LogP contribution in [0, 0.1) is 0 Å². The maximum absolute atomic E-state index is 3.43. The van der Waals surface area contributed by atoms with Gasteiger partial charge in [-0.2, -0.15) is 0 Å².